The molecule has 5 heteroatoms. The highest BCUT2D eigenvalue weighted by Crippen LogP contribution is 2.36. The average molecular weight is 200 g/mol. The fourth-order valence-electron chi connectivity index (χ4n) is 1.90. The van der Waals surface area contributed by atoms with E-state index in [1.807, 2.05) is 13.8 Å². The second kappa shape index (κ2) is 4.19. The second-order valence-corrected chi connectivity index (χ2v) is 4.00. The molecule has 4 nitrogen and oxygen atoms in total. The van der Waals surface area contributed by atoms with Gasteiger partial charge in [0.15, 0.2) is 0 Å². The van der Waals surface area contributed by atoms with E-state index in [9.17, 15) is 10.2 Å². The fraction of sp³-hybridized carbons (Fsp3) is 1.00. The van der Waals surface area contributed by atoms with Crippen LogP contribution in [-0.4, -0.2) is 55.6 Å². The summed E-state index contributed by atoms with van der Waals surface area (Å²) in [5.74, 6) is -0.0336. The standard InChI is InChI=1S/C9H17BO4/c1-5(2)9(4-11)7(12)6(13-3)8(10)14-9/h5-8,11-12H,4H2,1-3H3/t6-,7+,8-,9+/m1/s1. The highest BCUT2D eigenvalue weighted by atomic mass is 16.6. The Morgan fingerprint density at radius 1 is 1.57 bits per heavy atom. The van der Waals surface area contributed by atoms with Gasteiger partial charge in [0.2, 0.25) is 0 Å². The zero-order valence-electron chi connectivity index (χ0n) is 8.80. The van der Waals surface area contributed by atoms with Gasteiger partial charge in [-0.1, -0.05) is 13.8 Å². The second-order valence-electron chi connectivity index (χ2n) is 4.00. The molecule has 4 atom stereocenters. The molecule has 0 bridgehead atoms. The van der Waals surface area contributed by atoms with Crippen molar-refractivity contribution in [3.63, 3.8) is 0 Å². The first-order valence-electron chi connectivity index (χ1n) is 4.74. The summed E-state index contributed by atoms with van der Waals surface area (Å²) in [7, 11) is 7.11. The molecule has 0 saturated carbocycles. The highest BCUT2D eigenvalue weighted by Gasteiger charge is 2.54. The molecule has 1 heterocycles. The molecule has 2 N–H and O–H groups in total. The third kappa shape index (κ3) is 1.58. The molecule has 0 amide bonds. The average Bonchev–Trinajstić information content (AvgIpc) is 2.38. The Labute approximate surface area is 85.6 Å². The minimum absolute atomic E-state index is 0.0336. The molecule has 1 saturated heterocycles. The van der Waals surface area contributed by atoms with Crippen LogP contribution in [0.2, 0.25) is 0 Å². The number of hydrogen-bond acceptors (Lipinski definition) is 4. The molecule has 0 spiro atoms. The van der Waals surface area contributed by atoms with E-state index >= 15 is 0 Å². The number of ether oxygens (including phenoxy) is 2. The maximum absolute atomic E-state index is 9.95. The number of aliphatic hydroxyl groups excluding tert-OH is 2. The summed E-state index contributed by atoms with van der Waals surface area (Å²) in [6.07, 6.45) is -1.47. The van der Waals surface area contributed by atoms with Crippen molar-refractivity contribution >= 4 is 7.85 Å². The summed E-state index contributed by atoms with van der Waals surface area (Å²) in [5, 5.41) is 19.2. The van der Waals surface area contributed by atoms with Gasteiger partial charge in [0.25, 0.3) is 0 Å². The first kappa shape index (κ1) is 12.0. The Balaban J connectivity index is 2.91. The number of aliphatic hydroxyl groups is 2. The summed E-state index contributed by atoms with van der Waals surface area (Å²) in [6.45, 7) is 3.47. The first-order chi connectivity index (χ1) is 6.49. The van der Waals surface area contributed by atoms with Crippen LogP contribution in [0.1, 0.15) is 13.8 Å². The zero-order chi connectivity index (χ0) is 10.9. The van der Waals surface area contributed by atoms with E-state index in [-0.39, 0.29) is 12.5 Å². The van der Waals surface area contributed by atoms with Crippen LogP contribution in [0.15, 0.2) is 0 Å². The van der Waals surface area contributed by atoms with Gasteiger partial charge in [0.1, 0.15) is 25.7 Å². The third-order valence-corrected chi connectivity index (χ3v) is 2.99. The lowest BCUT2D eigenvalue weighted by Crippen LogP contribution is -2.50. The van der Waals surface area contributed by atoms with Gasteiger partial charge in [-0.3, -0.25) is 0 Å². The zero-order valence-corrected chi connectivity index (χ0v) is 8.80. The highest BCUT2D eigenvalue weighted by molar-refractivity contribution is 6.11. The van der Waals surface area contributed by atoms with Gasteiger partial charge in [-0.15, -0.1) is 0 Å². The van der Waals surface area contributed by atoms with Crippen molar-refractivity contribution in [1.29, 1.82) is 0 Å². The molecule has 0 aromatic rings. The van der Waals surface area contributed by atoms with E-state index in [4.69, 9.17) is 17.3 Å². The van der Waals surface area contributed by atoms with Crippen LogP contribution in [0.25, 0.3) is 0 Å². The number of hydrogen-bond donors (Lipinski definition) is 2. The van der Waals surface area contributed by atoms with Gasteiger partial charge in [-0.05, 0) is 5.92 Å². The van der Waals surface area contributed by atoms with E-state index in [1.165, 1.54) is 7.11 Å². The Kier molecular flexibility index (Phi) is 3.58. The maximum Gasteiger partial charge on any atom is 0.121 e. The number of rotatable bonds is 3. The van der Waals surface area contributed by atoms with Crippen molar-refractivity contribution in [1.82, 2.24) is 0 Å². The van der Waals surface area contributed by atoms with Crippen molar-refractivity contribution < 1.29 is 19.7 Å². The van der Waals surface area contributed by atoms with Crippen LogP contribution in [0.5, 0.6) is 0 Å². The summed E-state index contributed by atoms with van der Waals surface area (Å²) >= 11 is 0. The summed E-state index contributed by atoms with van der Waals surface area (Å²) < 4.78 is 10.5. The largest absolute Gasteiger partial charge is 0.393 e. The van der Waals surface area contributed by atoms with E-state index < -0.39 is 23.8 Å². The van der Waals surface area contributed by atoms with E-state index in [2.05, 4.69) is 0 Å². The predicted molar refractivity (Wildman–Crippen MR) is 52.1 cm³/mol. The summed E-state index contributed by atoms with van der Waals surface area (Å²) in [4.78, 5) is 0. The van der Waals surface area contributed by atoms with Crippen molar-refractivity contribution in [2.24, 2.45) is 5.92 Å². The molecule has 0 aromatic carbocycles. The Morgan fingerprint density at radius 3 is 2.36 bits per heavy atom. The van der Waals surface area contributed by atoms with Gasteiger partial charge in [-0.25, -0.2) is 0 Å². The van der Waals surface area contributed by atoms with E-state index in [0.717, 1.165) is 0 Å². The molecule has 1 rings (SSSR count). The minimum atomic E-state index is -1.000. The SMILES string of the molecule is [B][C@@H]1O[C@@](CO)(C(C)C)[C@@H](O)[C@H]1OC. The van der Waals surface area contributed by atoms with Crippen LogP contribution < -0.4 is 0 Å². The van der Waals surface area contributed by atoms with Crippen LogP contribution in [0.4, 0.5) is 0 Å². The van der Waals surface area contributed by atoms with Gasteiger partial charge in [0, 0.05) is 13.1 Å². The van der Waals surface area contributed by atoms with Crippen LogP contribution in [0, 0.1) is 5.92 Å². The monoisotopic (exact) mass is 200 g/mol. The smallest absolute Gasteiger partial charge is 0.121 e. The quantitative estimate of drug-likeness (QED) is 0.590. The molecule has 1 aliphatic rings. The summed E-state index contributed by atoms with van der Waals surface area (Å²) in [6, 6.07) is -0.690. The molecular formula is C9H17BO4. The lowest BCUT2D eigenvalue weighted by Gasteiger charge is -2.34. The number of methoxy groups -OCH3 is 1. The van der Waals surface area contributed by atoms with Gasteiger partial charge >= 0.3 is 0 Å². The molecule has 14 heavy (non-hydrogen) atoms. The van der Waals surface area contributed by atoms with Gasteiger partial charge in [0.05, 0.1) is 6.61 Å². The molecule has 2 radical (unpaired) electrons. The molecule has 1 fully saturated rings. The van der Waals surface area contributed by atoms with Crippen molar-refractivity contribution in [3.8, 4) is 0 Å². The lowest BCUT2D eigenvalue weighted by molar-refractivity contribution is -0.128. The van der Waals surface area contributed by atoms with Gasteiger partial charge in [-0.2, -0.15) is 0 Å². The van der Waals surface area contributed by atoms with Crippen LogP contribution in [0.3, 0.4) is 0 Å². The fourth-order valence-corrected chi connectivity index (χ4v) is 1.90. The molecule has 0 aliphatic carbocycles. The molecule has 0 aromatic heterocycles. The van der Waals surface area contributed by atoms with Crippen LogP contribution >= 0.6 is 0 Å². The van der Waals surface area contributed by atoms with E-state index in [1.54, 1.807) is 0 Å². The normalized spacial score (nSPS) is 43.4. The third-order valence-electron chi connectivity index (χ3n) is 2.99. The minimum Gasteiger partial charge on any atom is -0.393 e. The molecular weight excluding hydrogens is 183 g/mol. The topological polar surface area (TPSA) is 58.9 Å². The van der Waals surface area contributed by atoms with Gasteiger partial charge < -0.3 is 19.7 Å². The molecule has 0 unspecified atom stereocenters. The summed E-state index contributed by atoms with van der Waals surface area (Å²) in [5.41, 5.74) is -1.000. The molecule has 1 aliphatic heterocycles. The Hall–Kier alpha value is -0.0951. The van der Waals surface area contributed by atoms with Crippen molar-refractivity contribution in [2.45, 2.75) is 37.7 Å². The van der Waals surface area contributed by atoms with Crippen molar-refractivity contribution in [3.05, 3.63) is 0 Å². The predicted octanol–water partition coefficient (Wildman–Crippen LogP) is -0.726. The Morgan fingerprint density at radius 2 is 2.14 bits per heavy atom. The molecule has 80 valence electrons. The van der Waals surface area contributed by atoms with Crippen molar-refractivity contribution in [2.75, 3.05) is 13.7 Å². The maximum atomic E-state index is 9.95. The Bertz CT molecular complexity index is 199. The first-order valence-corrected chi connectivity index (χ1v) is 4.74. The lowest BCUT2D eigenvalue weighted by atomic mass is 9.83. The van der Waals surface area contributed by atoms with Crippen LogP contribution in [-0.2, 0) is 9.47 Å². The van der Waals surface area contributed by atoms with E-state index in [0.29, 0.717) is 0 Å².